The number of rotatable bonds is 8. The van der Waals surface area contributed by atoms with Gasteiger partial charge in [0.15, 0.2) is 0 Å². The van der Waals surface area contributed by atoms with Gasteiger partial charge < -0.3 is 10.2 Å². The molecule has 136 valence electrons. The lowest BCUT2D eigenvalue weighted by molar-refractivity contribution is -0.116. The van der Waals surface area contributed by atoms with Crippen LogP contribution in [-0.4, -0.2) is 40.3 Å². The number of amides is 1. The number of carbonyl (C=O) groups excluding carboxylic acids is 1. The first-order chi connectivity index (χ1) is 12.0. The summed E-state index contributed by atoms with van der Waals surface area (Å²) < 4.78 is 3.33. The third-order valence-electron chi connectivity index (χ3n) is 4.43. The van der Waals surface area contributed by atoms with Crippen LogP contribution in [0.5, 0.6) is 0 Å². The fourth-order valence-electron chi connectivity index (χ4n) is 2.75. The second-order valence-corrected chi connectivity index (χ2v) is 6.39. The van der Waals surface area contributed by atoms with Crippen molar-refractivity contribution in [3.8, 4) is 5.69 Å². The highest BCUT2D eigenvalue weighted by Crippen LogP contribution is 2.14. The van der Waals surface area contributed by atoms with Crippen LogP contribution in [-0.2, 0) is 11.8 Å². The molecule has 0 aliphatic rings. The summed E-state index contributed by atoms with van der Waals surface area (Å²) in [6.07, 6.45) is 2.63. The van der Waals surface area contributed by atoms with E-state index in [0.29, 0.717) is 18.7 Å². The van der Waals surface area contributed by atoms with Gasteiger partial charge in [-0.05, 0) is 39.1 Å². The molecular weight excluding hydrogens is 316 g/mol. The fourth-order valence-corrected chi connectivity index (χ4v) is 2.75. The van der Waals surface area contributed by atoms with Crippen LogP contribution < -0.4 is 10.9 Å². The minimum atomic E-state index is -0.209. The summed E-state index contributed by atoms with van der Waals surface area (Å²) in [5, 5.41) is 2.80. The minimum Gasteiger partial charge on any atom is -0.320 e. The van der Waals surface area contributed by atoms with Crippen molar-refractivity contribution in [1.29, 1.82) is 0 Å². The summed E-state index contributed by atoms with van der Waals surface area (Å²) in [5.41, 5.74) is 1.66. The predicted molar refractivity (Wildman–Crippen MR) is 101 cm³/mol. The maximum absolute atomic E-state index is 12.7. The molecule has 25 heavy (non-hydrogen) atoms. The molecule has 2 rings (SSSR count). The Balaban J connectivity index is 2.10. The summed E-state index contributed by atoms with van der Waals surface area (Å²) in [6.45, 7) is 5.65. The summed E-state index contributed by atoms with van der Waals surface area (Å²) in [4.78, 5) is 27.1. The Bertz CT molecular complexity index is 762. The van der Waals surface area contributed by atoms with E-state index in [1.165, 1.54) is 0 Å². The van der Waals surface area contributed by atoms with Gasteiger partial charge in [-0.15, -0.1) is 0 Å². The van der Waals surface area contributed by atoms with Crippen molar-refractivity contribution >= 4 is 11.6 Å². The zero-order valence-corrected chi connectivity index (χ0v) is 15.6. The van der Waals surface area contributed by atoms with Gasteiger partial charge in [0.05, 0.1) is 11.4 Å². The highest BCUT2D eigenvalue weighted by atomic mass is 16.2. The molecule has 0 radical (unpaired) electrons. The Morgan fingerprint density at radius 1 is 1.20 bits per heavy atom. The van der Waals surface area contributed by atoms with Crippen molar-refractivity contribution in [3.05, 3.63) is 46.4 Å². The van der Waals surface area contributed by atoms with Gasteiger partial charge in [0.1, 0.15) is 5.69 Å². The van der Waals surface area contributed by atoms with Gasteiger partial charge in [-0.2, -0.15) is 0 Å². The van der Waals surface area contributed by atoms with E-state index in [1.807, 2.05) is 51.4 Å². The van der Waals surface area contributed by atoms with E-state index in [-0.39, 0.29) is 11.5 Å². The second-order valence-electron chi connectivity index (χ2n) is 6.39. The first kappa shape index (κ1) is 19.0. The van der Waals surface area contributed by atoms with E-state index < -0.39 is 0 Å². The van der Waals surface area contributed by atoms with Crippen LogP contribution in [0, 0.1) is 6.92 Å². The zero-order valence-electron chi connectivity index (χ0n) is 15.6. The van der Waals surface area contributed by atoms with Crippen LogP contribution in [0.2, 0.25) is 0 Å². The molecule has 6 heteroatoms. The summed E-state index contributed by atoms with van der Waals surface area (Å²) >= 11 is 0. The Morgan fingerprint density at radius 3 is 2.52 bits per heavy atom. The minimum absolute atomic E-state index is 0.130. The molecule has 0 aliphatic heterocycles. The molecule has 1 aromatic heterocycles. The highest BCUT2D eigenvalue weighted by Gasteiger charge is 2.18. The molecule has 1 aromatic carbocycles. The van der Waals surface area contributed by atoms with Crippen LogP contribution in [0.4, 0.5) is 5.69 Å². The maximum atomic E-state index is 12.7. The first-order valence-electron chi connectivity index (χ1n) is 8.78. The van der Waals surface area contributed by atoms with Crippen LogP contribution in [0.1, 0.15) is 31.9 Å². The third-order valence-corrected chi connectivity index (χ3v) is 4.43. The molecule has 1 heterocycles. The van der Waals surface area contributed by atoms with Crippen molar-refractivity contribution in [1.82, 2.24) is 14.3 Å². The van der Waals surface area contributed by atoms with Crippen LogP contribution in [0.3, 0.4) is 0 Å². The number of unbranched alkanes of at least 4 members (excludes halogenated alkanes) is 1. The summed E-state index contributed by atoms with van der Waals surface area (Å²) in [7, 11) is 3.83. The number of aromatic nitrogens is 2. The van der Waals surface area contributed by atoms with Crippen molar-refractivity contribution in [2.24, 2.45) is 7.05 Å². The Morgan fingerprint density at radius 2 is 1.88 bits per heavy atom. The van der Waals surface area contributed by atoms with E-state index in [2.05, 4.69) is 17.1 Å². The second kappa shape index (κ2) is 8.67. The van der Waals surface area contributed by atoms with Gasteiger partial charge in [-0.1, -0.05) is 31.5 Å². The lowest BCUT2D eigenvalue weighted by Crippen LogP contribution is -2.27. The number of benzene rings is 1. The van der Waals surface area contributed by atoms with Gasteiger partial charge >= 0.3 is 0 Å². The lowest BCUT2D eigenvalue weighted by Gasteiger charge is -2.15. The Hall–Kier alpha value is -2.34. The summed E-state index contributed by atoms with van der Waals surface area (Å²) in [5.74, 6) is -0.130. The average Bonchev–Trinajstić information content (AvgIpc) is 2.82. The monoisotopic (exact) mass is 344 g/mol. The molecule has 6 nitrogen and oxygen atoms in total. The zero-order chi connectivity index (χ0) is 18.4. The molecule has 0 aliphatic carbocycles. The van der Waals surface area contributed by atoms with Crippen molar-refractivity contribution in [3.63, 3.8) is 0 Å². The van der Waals surface area contributed by atoms with Gasteiger partial charge in [0, 0.05) is 20.0 Å². The van der Waals surface area contributed by atoms with Crippen molar-refractivity contribution in [2.45, 2.75) is 33.1 Å². The van der Waals surface area contributed by atoms with Gasteiger partial charge in [0.25, 0.3) is 5.56 Å². The smallest absolute Gasteiger partial charge is 0.295 e. The molecule has 1 amide bonds. The first-order valence-corrected chi connectivity index (χ1v) is 8.78. The van der Waals surface area contributed by atoms with Crippen molar-refractivity contribution < 1.29 is 4.79 Å². The number of hydrogen-bond acceptors (Lipinski definition) is 3. The normalized spacial score (nSPS) is 11.1. The Labute approximate surface area is 149 Å². The molecule has 0 bridgehead atoms. The molecule has 0 atom stereocenters. The van der Waals surface area contributed by atoms with E-state index in [0.717, 1.165) is 30.8 Å². The fraction of sp³-hybridized carbons (Fsp3) is 0.474. The van der Waals surface area contributed by atoms with Gasteiger partial charge in [-0.3, -0.25) is 14.3 Å². The van der Waals surface area contributed by atoms with E-state index >= 15 is 0 Å². The molecule has 0 unspecified atom stereocenters. The highest BCUT2D eigenvalue weighted by molar-refractivity contribution is 5.91. The third kappa shape index (κ3) is 4.60. The molecule has 2 aromatic rings. The van der Waals surface area contributed by atoms with E-state index in [1.54, 1.807) is 9.36 Å². The van der Waals surface area contributed by atoms with Gasteiger partial charge in [-0.25, -0.2) is 4.68 Å². The molecule has 1 N–H and O–H groups in total. The number of nitrogens with one attached hydrogen (secondary N) is 1. The van der Waals surface area contributed by atoms with E-state index in [9.17, 15) is 9.59 Å². The SMILES string of the molecule is CCCCN(C)CCC(=O)Nc1c(C)n(C)n(-c2ccccc2)c1=O. The van der Waals surface area contributed by atoms with Crippen LogP contribution >= 0.6 is 0 Å². The predicted octanol–water partition coefficient (Wildman–Crippen LogP) is 2.54. The van der Waals surface area contributed by atoms with Crippen LogP contribution in [0.15, 0.2) is 35.1 Å². The number of nitrogens with zero attached hydrogens (tertiary/aromatic N) is 3. The number of carbonyl (C=O) groups is 1. The average molecular weight is 344 g/mol. The standard InChI is InChI=1S/C19H28N4O2/c1-5-6-13-21(3)14-12-17(24)20-18-15(2)22(4)23(19(18)25)16-10-8-7-9-11-16/h7-11H,5-6,12-14H2,1-4H3,(H,20,24). The lowest BCUT2D eigenvalue weighted by atomic mass is 10.3. The quantitative estimate of drug-likeness (QED) is 0.801. The molecular formula is C19H28N4O2. The Kier molecular flexibility index (Phi) is 6.58. The number of hydrogen-bond donors (Lipinski definition) is 1. The maximum Gasteiger partial charge on any atom is 0.295 e. The molecule has 0 spiro atoms. The summed E-state index contributed by atoms with van der Waals surface area (Å²) in [6, 6.07) is 9.41. The molecule has 0 fully saturated rings. The topological polar surface area (TPSA) is 59.3 Å². The largest absolute Gasteiger partial charge is 0.320 e. The molecule has 0 saturated carbocycles. The number of para-hydroxylation sites is 1. The molecule has 0 saturated heterocycles. The van der Waals surface area contributed by atoms with Crippen LogP contribution in [0.25, 0.3) is 5.69 Å². The van der Waals surface area contributed by atoms with E-state index in [4.69, 9.17) is 0 Å². The number of anilines is 1. The van der Waals surface area contributed by atoms with Crippen molar-refractivity contribution in [2.75, 3.05) is 25.5 Å². The van der Waals surface area contributed by atoms with Gasteiger partial charge in [0.2, 0.25) is 5.91 Å².